The molecule has 0 saturated carbocycles. The van der Waals surface area contributed by atoms with Crippen molar-refractivity contribution in [1.82, 2.24) is 0 Å². The number of para-hydroxylation sites is 4. The van der Waals surface area contributed by atoms with Crippen LogP contribution in [-0.2, 0) is 13.1 Å². The Hall–Kier alpha value is -3.94. The van der Waals surface area contributed by atoms with E-state index < -0.39 is 9.85 Å². The van der Waals surface area contributed by atoms with Crippen molar-refractivity contribution >= 4 is 22.7 Å². The predicted octanol–water partition coefficient (Wildman–Crippen LogP) is 4.73. The smallest absolute Gasteiger partial charge is 0.292 e. The Labute approximate surface area is 161 Å². The van der Waals surface area contributed by atoms with Crippen molar-refractivity contribution < 1.29 is 9.85 Å². The van der Waals surface area contributed by atoms with Crippen LogP contribution in [0.3, 0.4) is 0 Å². The third-order valence-corrected chi connectivity index (χ3v) is 4.16. The van der Waals surface area contributed by atoms with Gasteiger partial charge in [-0.25, -0.2) is 0 Å². The molecule has 3 aromatic carbocycles. The fourth-order valence-electron chi connectivity index (χ4n) is 2.81. The number of nitro benzene ring substituents is 2. The molecule has 0 saturated heterocycles. The maximum atomic E-state index is 11.1. The van der Waals surface area contributed by atoms with Crippen molar-refractivity contribution in [2.75, 3.05) is 10.6 Å². The van der Waals surface area contributed by atoms with Gasteiger partial charge in [-0.05, 0) is 23.3 Å². The van der Waals surface area contributed by atoms with Crippen LogP contribution in [0.2, 0.25) is 0 Å². The molecule has 0 fully saturated rings. The van der Waals surface area contributed by atoms with Gasteiger partial charge in [-0.3, -0.25) is 20.2 Å². The van der Waals surface area contributed by atoms with Crippen LogP contribution in [0.25, 0.3) is 0 Å². The third-order valence-electron chi connectivity index (χ3n) is 4.16. The first-order valence-electron chi connectivity index (χ1n) is 8.57. The molecule has 0 heterocycles. The molecule has 0 aliphatic carbocycles. The lowest BCUT2D eigenvalue weighted by molar-refractivity contribution is -0.384. The van der Waals surface area contributed by atoms with Crippen LogP contribution in [0, 0.1) is 20.2 Å². The maximum absolute atomic E-state index is 11.1. The second-order valence-corrected chi connectivity index (χ2v) is 6.08. The first-order chi connectivity index (χ1) is 13.5. The number of benzene rings is 3. The summed E-state index contributed by atoms with van der Waals surface area (Å²) in [4.78, 5) is 21.3. The van der Waals surface area contributed by atoms with Crippen molar-refractivity contribution in [2.24, 2.45) is 0 Å². The number of nitrogens with zero attached hydrogens (tertiary/aromatic N) is 2. The Bertz CT molecular complexity index is 930. The van der Waals surface area contributed by atoms with E-state index in [0.717, 1.165) is 11.1 Å². The van der Waals surface area contributed by atoms with E-state index in [0.29, 0.717) is 24.5 Å². The number of nitro groups is 2. The summed E-state index contributed by atoms with van der Waals surface area (Å²) in [5, 5.41) is 28.4. The normalized spacial score (nSPS) is 10.3. The fourth-order valence-corrected chi connectivity index (χ4v) is 2.81. The minimum absolute atomic E-state index is 0.0247. The van der Waals surface area contributed by atoms with Gasteiger partial charge in [-0.15, -0.1) is 0 Å². The molecule has 0 amide bonds. The number of anilines is 2. The van der Waals surface area contributed by atoms with E-state index in [2.05, 4.69) is 10.6 Å². The van der Waals surface area contributed by atoms with Crippen LogP contribution in [0.5, 0.6) is 0 Å². The molecule has 0 aromatic heterocycles. The van der Waals surface area contributed by atoms with Crippen molar-refractivity contribution in [1.29, 1.82) is 0 Å². The minimum Gasteiger partial charge on any atom is -0.375 e. The van der Waals surface area contributed by atoms with Crippen LogP contribution < -0.4 is 10.6 Å². The Morgan fingerprint density at radius 2 is 1.07 bits per heavy atom. The largest absolute Gasteiger partial charge is 0.375 e. The first-order valence-corrected chi connectivity index (χ1v) is 8.57. The predicted molar refractivity (Wildman–Crippen MR) is 107 cm³/mol. The molecule has 3 rings (SSSR count). The molecule has 2 N–H and O–H groups in total. The monoisotopic (exact) mass is 378 g/mol. The highest BCUT2D eigenvalue weighted by Crippen LogP contribution is 2.25. The van der Waals surface area contributed by atoms with E-state index in [4.69, 9.17) is 0 Å². The molecule has 3 aromatic rings. The van der Waals surface area contributed by atoms with Crippen LogP contribution in [0.4, 0.5) is 22.7 Å². The maximum Gasteiger partial charge on any atom is 0.292 e. The molecule has 8 heteroatoms. The van der Waals surface area contributed by atoms with E-state index in [-0.39, 0.29) is 11.4 Å². The van der Waals surface area contributed by atoms with Gasteiger partial charge in [0.1, 0.15) is 11.4 Å². The van der Waals surface area contributed by atoms with Gasteiger partial charge in [0.05, 0.1) is 9.85 Å². The van der Waals surface area contributed by atoms with E-state index in [9.17, 15) is 20.2 Å². The van der Waals surface area contributed by atoms with Crippen molar-refractivity contribution in [3.63, 3.8) is 0 Å². The molecule has 0 bridgehead atoms. The summed E-state index contributed by atoms with van der Waals surface area (Å²) in [6, 6.07) is 20.6. The summed E-state index contributed by atoms with van der Waals surface area (Å²) in [7, 11) is 0. The average Bonchev–Trinajstić information content (AvgIpc) is 2.71. The lowest BCUT2D eigenvalue weighted by atomic mass is 10.1. The van der Waals surface area contributed by atoms with Gasteiger partial charge in [0.2, 0.25) is 0 Å². The van der Waals surface area contributed by atoms with E-state index >= 15 is 0 Å². The highest BCUT2D eigenvalue weighted by atomic mass is 16.6. The van der Waals surface area contributed by atoms with Crippen LogP contribution >= 0.6 is 0 Å². The standard InChI is InChI=1S/C20H18N4O4/c25-23(26)19-10-3-1-8-17(19)21-13-15-6-5-7-16(12-15)14-22-18-9-2-4-11-20(18)24(27)28/h1-12,21-22H,13-14H2. The Morgan fingerprint density at radius 1 is 0.643 bits per heavy atom. The summed E-state index contributed by atoms with van der Waals surface area (Å²) in [6.45, 7) is 0.842. The molecule has 28 heavy (non-hydrogen) atoms. The number of nitrogens with one attached hydrogen (secondary N) is 2. The van der Waals surface area contributed by atoms with Gasteiger partial charge < -0.3 is 10.6 Å². The topological polar surface area (TPSA) is 110 Å². The second kappa shape index (κ2) is 8.63. The minimum atomic E-state index is -0.421. The van der Waals surface area contributed by atoms with Gasteiger partial charge in [0.15, 0.2) is 0 Å². The van der Waals surface area contributed by atoms with Crippen molar-refractivity contribution in [3.8, 4) is 0 Å². The average molecular weight is 378 g/mol. The van der Waals surface area contributed by atoms with Crippen LogP contribution in [0.1, 0.15) is 11.1 Å². The molecular formula is C20H18N4O4. The third kappa shape index (κ3) is 4.61. The lowest BCUT2D eigenvalue weighted by Crippen LogP contribution is -2.05. The molecule has 142 valence electrons. The molecule has 0 aliphatic rings. The quantitative estimate of drug-likeness (QED) is 0.433. The Balaban J connectivity index is 1.67. The molecule has 0 spiro atoms. The van der Waals surface area contributed by atoms with E-state index in [1.54, 1.807) is 36.4 Å². The van der Waals surface area contributed by atoms with Crippen LogP contribution in [0.15, 0.2) is 72.8 Å². The highest BCUT2D eigenvalue weighted by Gasteiger charge is 2.13. The zero-order valence-corrected chi connectivity index (χ0v) is 14.9. The van der Waals surface area contributed by atoms with Crippen LogP contribution in [-0.4, -0.2) is 9.85 Å². The Kier molecular flexibility index (Phi) is 5.81. The zero-order chi connectivity index (χ0) is 19.9. The molecule has 0 radical (unpaired) electrons. The number of hydrogen-bond acceptors (Lipinski definition) is 6. The van der Waals surface area contributed by atoms with Gasteiger partial charge in [0.25, 0.3) is 11.4 Å². The summed E-state index contributed by atoms with van der Waals surface area (Å²) < 4.78 is 0. The summed E-state index contributed by atoms with van der Waals surface area (Å²) in [5.41, 5.74) is 2.85. The van der Waals surface area contributed by atoms with Gasteiger partial charge in [-0.2, -0.15) is 0 Å². The molecule has 0 unspecified atom stereocenters. The first kappa shape index (κ1) is 18.8. The van der Waals surface area contributed by atoms with Gasteiger partial charge in [-0.1, -0.05) is 48.5 Å². The molecular weight excluding hydrogens is 360 g/mol. The fraction of sp³-hybridized carbons (Fsp3) is 0.100. The van der Waals surface area contributed by atoms with Gasteiger partial charge in [0, 0.05) is 25.2 Å². The highest BCUT2D eigenvalue weighted by molar-refractivity contribution is 5.62. The zero-order valence-electron chi connectivity index (χ0n) is 14.9. The molecule has 8 nitrogen and oxygen atoms in total. The SMILES string of the molecule is O=[N+]([O-])c1ccccc1NCc1cccc(CNc2ccccc2[N+](=O)[O-])c1. The summed E-state index contributed by atoms with van der Waals surface area (Å²) in [5.74, 6) is 0. The van der Waals surface area contributed by atoms with Crippen molar-refractivity contribution in [3.05, 3.63) is 104 Å². The second-order valence-electron chi connectivity index (χ2n) is 6.08. The van der Waals surface area contributed by atoms with E-state index in [1.807, 2.05) is 24.3 Å². The number of rotatable bonds is 8. The van der Waals surface area contributed by atoms with Crippen molar-refractivity contribution in [2.45, 2.75) is 13.1 Å². The lowest BCUT2D eigenvalue weighted by Gasteiger charge is -2.10. The summed E-state index contributed by atoms with van der Waals surface area (Å²) >= 11 is 0. The van der Waals surface area contributed by atoms with E-state index in [1.165, 1.54) is 12.1 Å². The van der Waals surface area contributed by atoms with Gasteiger partial charge >= 0.3 is 0 Å². The molecule has 0 atom stereocenters. The summed E-state index contributed by atoms with van der Waals surface area (Å²) in [6.07, 6.45) is 0. The number of hydrogen-bond donors (Lipinski definition) is 2. The Morgan fingerprint density at radius 3 is 1.50 bits per heavy atom. The molecule has 0 aliphatic heterocycles.